The van der Waals surface area contributed by atoms with Crippen molar-refractivity contribution in [3.63, 3.8) is 0 Å². The zero-order valence-electron chi connectivity index (χ0n) is 17.7. The van der Waals surface area contributed by atoms with E-state index in [1.165, 1.54) is 12.0 Å². The highest BCUT2D eigenvalue weighted by molar-refractivity contribution is 5.80. The van der Waals surface area contributed by atoms with Crippen molar-refractivity contribution < 1.29 is 9.47 Å². The van der Waals surface area contributed by atoms with Gasteiger partial charge in [0, 0.05) is 45.8 Å². The quantitative estimate of drug-likeness (QED) is 0.584. The van der Waals surface area contributed by atoms with Gasteiger partial charge in [-0.1, -0.05) is 12.1 Å². The molecule has 7 heteroatoms. The van der Waals surface area contributed by atoms with Gasteiger partial charge in [0.1, 0.15) is 5.75 Å². The first-order chi connectivity index (χ1) is 13.6. The number of nitrogens with one attached hydrogen (secondary N) is 1. The van der Waals surface area contributed by atoms with Crippen LogP contribution in [0.3, 0.4) is 0 Å². The van der Waals surface area contributed by atoms with Crippen molar-refractivity contribution in [1.82, 2.24) is 20.0 Å². The van der Waals surface area contributed by atoms with Crippen LogP contribution in [0.4, 0.5) is 0 Å². The third-order valence-electron chi connectivity index (χ3n) is 5.79. The Labute approximate surface area is 169 Å². The Morgan fingerprint density at radius 3 is 2.79 bits per heavy atom. The number of ether oxygens (including phenoxy) is 2. The van der Waals surface area contributed by atoms with Crippen molar-refractivity contribution >= 4 is 5.96 Å². The minimum atomic E-state index is 0.240. The van der Waals surface area contributed by atoms with E-state index >= 15 is 0 Å². The summed E-state index contributed by atoms with van der Waals surface area (Å²) in [5.74, 6) is 1.88. The van der Waals surface area contributed by atoms with Gasteiger partial charge in [-0.2, -0.15) is 0 Å². The number of methoxy groups -OCH3 is 1. The second-order valence-electron chi connectivity index (χ2n) is 7.72. The van der Waals surface area contributed by atoms with E-state index in [-0.39, 0.29) is 6.04 Å². The summed E-state index contributed by atoms with van der Waals surface area (Å²) in [7, 11) is 7.81. The summed E-state index contributed by atoms with van der Waals surface area (Å²) in [5, 5.41) is 3.60. The van der Waals surface area contributed by atoms with E-state index in [0.29, 0.717) is 6.04 Å². The lowest BCUT2D eigenvalue weighted by molar-refractivity contribution is 0.0195. The summed E-state index contributed by atoms with van der Waals surface area (Å²) in [6, 6.07) is 9.14. The van der Waals surface area contributed by atoms with Gasteiger partial charge in [-0.25, -0.2) is 0 Å². The molecule has 0 bridgehead atoms. The van der Waals surface area contributed by atoms with Crippen LogP contribution in [0.1, 0.15) is 18.0 Å². The van der Waals surface area contributed by atoms with Crippen LogP contribution in [-0.2, 0) is 4.74 Å². The van der Waals surface area contributed by atoms with E-state index in [0.717, 1.165) is 57.6 Å². The molecule has 2 saturated heterocycles. The fourth-order valence-electron chi connectivity index (χ4n) is 4.14. The van der Waals surface area contributed by atoms with Gasteiger partial charge in [0.05, 0.1) is 26.4 Å². The minimum Gasteiger partial charge on any atom is -0.497 e. The van der Waals surface area contributed by atoms with Crippen molar-refractivity contribution in [3.05, 3.63) is 29.8 Å². The predicted octanol–water partition coefficient (Wildman–Crippen LogP) is 1.28. The molecule has 2 fully saturated rings. The Balaban J connectivity index is 1.59. The Hall–Kier alpha value is -1.83. The minimum absolute atomic E-state index is 0.240. The van der Waals surface area contributed by atoms with Crippen LogP contribution in [0, 0.1) is 0 Å². The zero-order chi connectivity index (χ0) is 19.9. The SMILES string of the molecule is CN=C(NCC(c1cccc(OC)c1)N(C)C)N1CCC(N2CCOCC2)C1. The molecular formula is C21H35N5O2. The van der Waals surface area contributed by atoms with Crippen molar-refractivity contribution in [2.24, 2.45) is 4.99 Å². The molecule has 2 atom stereocenters. The maximum Gasteiger partial charge on any atom is 0.193 e. The molecule has 2 aliphatic heterocycles. The number of nitrogens with zero attached hydrogens (tertiary/aromatic N) is 4. The molecule has 0 aromatic heterocycles. The molecular weight excluding hydrogens is 354 g/mol. The molecule has 28 heavy (non-hydrogen) atoms. The van der Waals surface area contributed by atoms with Gasteiger partial charge in [0.2, 0.25) is 0 Å². The molecule has 2 aliphatic rings. The molecule has 1 N–H and O–H groups in total. The lowest BCUT2D eigenvalue weighted by Crippen LogP contribution is -2.47. The van der Waals surface area contributed by atoms with Crippen LogP contribution in [0.15, 0.2) is 29.3 Å². The number of benzene rings is 1. The van der Waals surface area contributed by atoms with Gasteiger partial charge < -0.3 is 24.6 Å². The van der Waals surface area contributed by atoms with E-state index in [9.17, 15) is 0 Å². The van der Waals surface area contributed by atoms with Gasteiger partial charge in [0.25, 0.3) is 0 Å². The van der Waals surface area contributed by atoms with Crippen molar-refractivity contribution in [3.8, 4) is 5.75 Å². The number of guanidine groups is 1. The molecule has 2 unspecified atom stereocenters. The summed E-state index contributed by atoms with van der Waals surface area (Å²) in [6.45, 7) is 6.68. The number of likely N-dealkylation sites (N-methyl/N-ethyl adjacent to an activating group) is 1. The summed E-state index contributed by atoms with van der Waals surface area (Å²) in [4.78, 5) is 11.7. The highest BCUT2D eigenvalue weighted by atomic mass is 16.5. The smallest absolute Gasteiger partial charge is 0.193 e. The Kier molecular flexibility index (Phi) is 7.53. The average Bonchev–Trinajstić information content (AvgIpc) is 3.21. The fourth-order valence-corrected chi connectivity index (χ4v) is 4.14. The molecule has 2 heterocycles. The van der Waals surface area contributed by atoms with E-state index in [1.54, 1.807) is 7.11 Å². The number of hydrogen-bond acceptors (Lipinski definition) is 5. The van der Waals surface area contributed by atoms with Gasteiger partial charge >= 0.3 is 0 Å². The van der Waals surface area contributed by atoms with Gasteiger partial charge in [-0.15, -0.1) is 0 Å². The first-order valence-corrected chi connectivity index (χ1v) is 10.2. The molecule has 1 aromatic carbocycles. The van der Waals surface area contributed by atoms with Crippen molar-refractivity contribution in [2.75, 3.05) is 74.2 Å². The number of likely N-dealkylation sites (tertiary alicyclic amines) is 1. The first kappa shape index (κ1) is 20.9. The third kappa shape index (κ3) is 5.16. The van der Waals surface area contributed by atoms with Crippen LogP contribution in [-0.4, -0.2) is 101 Å². The topological polar surface area (TPSA) is 52.6 Å². The molecule has 156 valence electrons. The normalized spacial score (nSPS) is 22.5. The molecule has 0 aliphatic carbocycles. The lowest BCUT2D eigenvalue weighted by Gasteiger charge is -2.32. The summed E-state index contributed by atoms with van der Waals surface area (Å²) in [6.07, 6.45) is 1.19. The number of hydrogen-bond donors (Lipinski definition) is 1. The second-order valence-corrected chi connectivity index (χ2v) is 7.72. The first-order valence-electron chi connectivity index (χ1n) is 10.2. The number of morpholine rings is 1. The van der Waals surface area contributed by atoms with E-state index < -0.39 is 0 Å². The van der Waals surface area contributed by atoms with Crippen molar-refractivity contribution in [2.45, 2.75) is 18.5 Å². The van der Waals surface area contributed by atoms with Crippen LogP contribution < -0.4 is 10.1 Å². The molecule has 7 nitrogen and oxygen atoms in total. The Morgan fingerprint density at radius 1 is 1.32 bits per heavy atom. The molecule has 0 radical (unpaired) electrons. The predicted molar refractivity (Wildman–Crippen MR) is 113 cm³/mol. The van der Waals surface area contributed by atoms with Crippen LogP contribution >= 0.6 is 0 Å². The van der Waals surface area contributed by atoms with Crippen LogP contribution in [0.2, 0.25) is 0 Å². The largest absolute Gasteiger partial charge is 0.497 e. The lowest BCUT2D eigenvalue weighted by atomic mass is 10.1. The maximum atomic E-state index is 5.50. The van der Waals surface area contributed by atoms with E-state index in [2.05, 4.69) is 51.2 Å². The van der Waals surface area contributed by atoms with Gasteiger partial charge in [-0.3, -0.25) is 9.89 Å². The van der Waals surface area contributed by atoms with Gasteiger partial charge in [-0.05, 0) is 38.2 Å². The van der Waals surface area contributed by atoms with E-state index in [1.807, 2.05) is 19.2 Å². The van der Waals surface area contributed by atoms with Crippen LogP contribution in [0.5, 0.6) is 5.75 Å². The van der Waals surface area contributed by atoms with Gasteiger partial charge in [0.15, 0.2) is 5.96 Å². The van der Waals surface area contributed by atoms with Crippen LogP contribution in [0.25, 0.3) is 0 Å². The highest BCUT2D eigenvalue weighted by Gasteiger charge is 2.30. The molecule has 1 aromatic rings. The second kappa shape index (κ2) is 10.1. The van der Waals surface area contributed by atoms with E-state index in [4.69, 9.17) is 9.47 Å². The number of rotatable bonds is 6. The maximum absolute atomic E-state index is 5.50. The molecule has 0 spiro atoms. The number of aliphatic imine (C=N–C) groups is 1. The molecule has 0 amide bonds. The zero-order valence-corrected chi connectivity index (χ0v) is 17.7. The standard InChI is InChI=1S/C21H35N5O2/c1-22-21(26-9-8-18(16-26)25-10-12-28-13-11-25)23-15-20(24(2)3)17-6-5-7-19(14-17)27-4/h5-7,14,18,20H,8-13,15-16H2,1-4H3,(H,22,23). The third-order valence-corrected chi connectivity index (χ3v) is 5.79. The Bertz CT molecular complexity index is 645. The summed E-state index contributed by atoms with van der Waals surface area (Å²) in [5.41, 5.74) is 1.24. The highest BCUT2D eigenvalue weighted by Crippen LogP contribution is 2.22. The van der Waals surface area contributed by atoms with Crippen molar-refractivity contribution in [1.29, 1.82) is 0 Å². The summed E-state index contributed by atoms with van der Waals surface area (Å²) >= 11 is 0. The average molecular weight is 390 g/mol. The molecule has 0 saturated carbocycles. The monoisotopic (exact) mass is 389 g/mol. The fraction of sp³-hybridized carbons (Fsp3) is 0.667. The Morgan fingerprint density at radius 2 is 2.11 bits per heavy atom. The molecule has 3 rings (SSSR count). The summed E-state index contributed by atoms with van der Waals surface area (Å²) < 4.78 is 10.9.